The molecule has 0 fully saturated rings. The van der Waals surface area contributed by atoms with E-state index in [1.54, 1.807) is 0 Å². The van der Waals surface area contributed by atoms with Gasteiger partial charge in [0.05, 0.1) is 11.4 Å². The van der Waals surface area contributed by atoms with E-state index in [0.29, 0.717) is 0 Å². The third-order valence-corrected chi connectivity index (χ3v) is 11.4. The van der Waals surface area contributed by atoms with Gasteiger partial charge in [-0.3, -0.25) is 0 Å². The van der Waals surface area contributed by atoms with Gasteiger partial charge in [-0.2, -0.15) is 0 Å². The number of para-hydroxylation sites is 1. The van der Waals surface area contributed by atoms with Crippen molar-refractivity contribution >= 4 is 17.1 Å². The number of nitrogens with zero attached hydrogens (tertiary/aromatic N) is 1. The maximum atomic E-state index is 2.54. The highest BCUT2D eigenvalue weighted by Gasteiger charge is 2.47. The highest BCUT2D eigenvalue weighted by Crippen LogP contribution is 2.59. The van der Waals surface area contributed by atoms with Crippen molar-refractivity contribution in [1.29, 1.82) is 0 Å². The lowest BCUT2D eigenvalue weighted by atomic mass is 9.55. The Morgan fingerprint density at radius 3 is 1.76 bits per heavy atom. The van der Waals surface area contributed by atoms with Crippen molar-refractivity contribution in [1.82, 2.24) is 0 Å². The molecule has 226 valence electrons. The number of anilines is 3. The Balaban J connectivity index is 1.43. The van der Waals surface area contributed by atoms with Crippen LogP contribution in [-0.2, 0) is 16.2 Å². The number of hydrogen-bond donors (Lipinski definition) is 0. The molecule has 0 unspecified atom stereocenters. The van der Waals surface area contributed by atoms with Crippen LogP contribution in [0.2, 0.25) is 0 Å². The fourth-order valence-electron chi connectivity index (χ4n) is 8.28. The highest BCUT2D eigenvalue weighted by molar-refractivity contribution is 5.97. The lowest BCUT2D eigenvalue weighted by Gasteiger charge is -2.49. The quantitative estimate of drug-likeness (QED) is 0.196. The Morgan fingerprint density at radius 1 is 0.413 bits per heavy atom. The summed E-state index contributed by atoms with van der Waals surface area (Å²) in [4.78, 5) is 2.54. The maximum absolute atomic E-state index is 2.54. The summed E-state index contributed by atoms with van der Waals surface area (Å²) in [5.74, 6) is 0. The average molecular weight is 596 g/mol. The molecule has 1 heteroatoms. The van der Waals surface area contributed by atoms with Gasteiger partial charge in [0.1, 0.15) is 0 Å². The lowest BCUT2D eigenvalue weighted by Crippen LogP contribution is -2.43. The Morgan fingerprint density at radius 2 is 1.00 bits per heavy atom. The molecule has 8 rings (SSSR count). The number of hydrogen-bond acceptors (Lipinski definition) is 1. The molecular weight excluding hydrogens is 555 g/mol. The van der Waals surface area contributed by atoms with Crippen LogP contribution >= 0.6 is 0 Å². The summed E-state index contributed by atoms with van der Waals surface area (Å²) in [7, 11) is 0. The summed E-state index contributed by atoms with van der Waals surface area (Å²) >= 11 is 0. The normalized spacial score (nSPS) is 16.1. The molecule has 6 aromatic carbocycles. The van der Waals surface area contributed by atoms with Gasteiger partial charge in [0.25, 0.3) is 0 Å². The van der Waals surface area contributed by atoms with Crippen molar-refractivity contribution in [3.8, 4) is 33.4 Å². The fourth-order valence-corrected chi connectivity index (χ4v) is 8.28. The van der Waals surface area contributed by atoms with Crippen molar-refractivity contribution in [2.75, 3.05) is 4.90 Å². The zero-order valence-electron chi connectivity index (χ0n) is 27.7. The predicted octanol–water partition coefficient (Wildman–Crippen LogP) is 12.4. The van der Waals surface area contributed by atoms with E-state index < -0.39 is 0 Å². The average Bonchev–Trinajstić information content (AvgIpc) is 3.32. The minimum atomic E-state index is -0.145. The van der Waals surface area contributed by atoms with Gasteiger partial charge in [-0.05, 0) is 91.2 Å². The first-order chi connectivity index (χ1) is 22.1. The van der Waals surface area contributed by atoms with Crippen LogP contribution in [0.25, 0.3) is 33.4 Å². The van der Waals surface area contributed by atoms with Crippen LogP contribution in [0, 0.1) is 0 Å². The van der Waals surface area contributed by atoms with Crippen LogP contribution in [0.5, 0.6) is 0 Å². The van der Waals surface area contributed by atoms with Gasteiger partial charge in [-0.25, -0.2) is 0 Å². The second-order valence-electron chi connectivity index (χ2n) is 14.6. The van der Waals surface area contributed by atoms with Gasteiger partial charge in [0.2, 0.25) is 0 Å². The first kappa shape index (κ1) is 28.6. The summed E-state index contributed by atoms with van der Waals surface area (Å²) in [6.07, 6.45) is 0. The summed E-state index contributed by atoms with van der Waals surface area (Å²) in [6, 6.07) is 51.7. The molecule has 0 radical (unpaired) electrons. The van der Waals surface area contributed by atoms with E-state index in [2.05, 4.69) is 186 Å². The zero-order valence-corrected chi connectivity index (χ0v) is 27.7. The van der Waals surface area contributed by atoms with Gasteiger partial charge in [-0.1, -0.05) is 151 Å². The second kappa shape index (κ2) is 10.1. The Kier molecular flexibility index (Phi) is 6.25. The Bertz CT molecular complexity index is 2110. The number of fused-ring (bicyclic) bond motifs is 6. The molecule has 0 N–H and O–H groups in total. The second-order valence-corrected chi connectivity index (χ2v) is 14.6. The molecule has 0 aromatic heterocycles. The smallest absolute Gasteiger partial charge is 0.0543 e. The Labute approximate surface area is 274 Å². The molecule has 1 nitrogen and oxygen atoms in total. The van der Waals surface area contributed by atoms with E-state index in [1.807, 2.05) is 0 Å². The standard InChI is InChI=1S/C45H41N/c1-43(2)36-23-14-13-21-33(36)34-22-15-26-40(42(34)43)46(32-19-11-8-12-20-32)39-25-16-24-37-41(39)35-28-27-31(30-17-9-7-10-18-30)29-38(35)45(5,6)44(37,3)4/h7-29H,1-6H3. The number of rotatable bonds is 4. The monoisotopic (exact) mass is 595 g/mol. The van der Waals surface area contributed by atoms with Crippen molar-refractivity contribution in [3.63, 3.8) is 0 Å². The fraction of sp³-hybridized carbons (Fsp3) is 0.200. The molecule has 0 bridgehead atoms. The molecule has 0 amide bonds. The molecule has 6 aromatic rings. The van der Waals surface area contributed by atoms with Crippen LogP contribution in [0.1, 0.15) is 63.8 Å². The molecule has 0 aliphatic heterocycles. The van der Waals surface area contributed by atoms with E-state index in [-0.39, 0.29) is 16.2 Å². The summed E-state index contributed by atoms with van der Waals surface area (Å²) in [5.41, 5.74) is 16.7. The van der Waals surface area contributed by atoms with Crippen molar-refractivity contribution in [2.24, 2.45) is 0 Å². The van der Waals surface area contributed by atoms with Gasteiger partial charge >= 0.3 is 0 Å². The molecule has 0 saturated carbocycles. The lowest BCUT2D eigenvalue weighted by molar-refractivity contribution is 0.299. The first-order valence-corrected chi connectivity index (χ1v) is 16.5. The van der Waals surface area contributed by atoms with Crippen LogP contribution < -0.4 is 4.90 Å². The van der Waals surface area contributed by atoms with Crippen LogP contribution in [0.15, 0.2) is 140 Å². The molecule has 0 atom stereocenters. The van der Waals surface area contributed by atoms with Crippen molar-refractivity contribution < 1.29 is 0 Å². The predicted molar refractivity (Wildman–Crippen MR) is 196 cm³/mol. The third kappa shape index (κ3) is 3.94. The first-order valence-electron chi connectivity index (χ1n) is 16.5. The van der Waals surface area contributed by atoms with E-state index >= 15 is 0 Å². The van der Waals surface area contributed by atoms with Gasteiger partial charge < -0.3 is 4.90 Å². The minimum Gasteiger partial charge on any atom is -0.310 e. The van der Waals surface area contributed by atoms with Crippen molar-refractivity contribution in [2.45, 2.75) is 57.8 Å². The topological polar surface area (TPSA) is 3.24 Å². The van der Waals surface area contributed by atoms with Crippen molar-refractivity contribution in [3.05, 3.63) is 162 Å². The third-order valence-electron chi connectivity index (χ3n) is 11.4. The van der Waals surface area contributed by atoms with Gasteiger partial charge in [-0.15, -0.1) is 0 Å². The molecule has 0 spiro atoms. The molecule has 0 saturated heterocycles. The Hall–Kier alpha value is -4.88. The van der Waals surface area contributed by atoms with E-state index in [0.717, 1.165) is 0 Å². The molecule has 46 heavy (non-hydrogen) atoms. The largest absolute Gasteiger partial charge is 0.310 e. The summed E-state index contributed by atoms with van der Waals surface area (Å²) in [6.45, 7) is 14.5. The van der Waals surface area contributed by atoms with E-state index in [9.17, 15) is 0 Å². The van der Waals surface area contributed by atoms with Crippen LogP contribution in [0.3, 0.4) is 0 Å². The summed E-state index contributed by atoms with van der Waals surface area (Å²) in [5, 5.41) is 0. The van der Waals surface area contributed by atoms with Crippen LogP contribution in [0.4, 0.5) is 17.1 Å². The molecule has 2 aliphatic carbocycles. The number of benzene rings is 6. The minimum absolute atomic E-state index is 0.0893. The van der Waals surface area contributed by atoms with E-state index in [4.69, 9.17) is 0 Å². The zero-order chi connectivity index (χ0) is 31.8. The summed E-state index contributed by atoms with van der Waals surface area (Å²) < 4.78 is 0. The highest BCUT2D eigenvalue weighted by atomic mass is 15.1. The molecular formula is C45H41N. The van der Waals surface area contributed by atoms with Crippen LogP contribution in [-0.4, -0.2) is 0 Å². The van der Waals surface area contributed by atoms with E-state index in [1.165, 1.54) is 72.7 Å². The van der Waals surface area contributed by atoms with Gasteiger partial charge in [0, 0.05) is 16.7 Å². The SMILES string of the molecule is CC1(C)c2ccccc2-c2cccc(N(c3ccccc3)c3cccc4c3-c3ccc(-c5ccccc5)cc3C(C)(C)C4(C)C)c21. The molecule has 0 heterocycles. The van der Waals surface area contributed by atoms with Gasteiger partial charge in [0.15, 0.2) is 0 Å². The maximum Gasteiger partial charge on any atom is 0.0543 e. The molecule has 2 aliphatic rings.